The molecule has 0 radical (unpaired) electrons. The van der Waals surface area contributed by atoms with Crippen molar-refractivity contribution in [2.75, 3.05) is 13.1 Å². The first-order chi connectivity index (χ1) is 11.3. The lowest BCUT2D eigenvalue weighted by Gasteiger charge is -2.19. The Balaban J connectivity index is 1.89. The van der Waals surface area contributed by atoms with Gasteiger partial charge in [-0.05, 0) is 48.3 Å². The van der Waals surface area contributed by atoms with Crippen LogP contribution in [0.3, 0.4) is 0 Å². The number of likely N-dealkylation sites (tertiary alicyclic amines) is 1. The lowest BCUT2D eigenvalue weighted by Crippen LogP contribution is -2.18. The number of nitrogens with zero attached hydrogens (tertiary/aromatic N) is 1. The minimum absolute atomic E-state index is 0.432. The van der Waals surface area contributed by atoms with Gasteiger partial charge in [0.05, 0.1) is 0 Å². The molecule has 1 heterocycles. The Morgan fingerprint density at radius 2 is 1.57 bits per heavy atom. The number of phenolic OH excluding ortho intramolecular Hbond substituents is 1. The summed E-state index contributed by atoms with van der Waals surface area (Å²) in [5.41, 5.74) is 3.06. The fourth-order valence-electron chi connectivity index (χ4n) is 3.59. The quantitative estimate of drug-likeness (QED) is 0.750. The molecule has 0 bridgehead atoms. The first kappa shape index (κ1) is 14.3. The summed E-state index contributed by atoms with van der Waals surface area (Å²) in [6, 6.07) is 20.7. The van der Waals surface area contributed by atoms with Crippen molar-refractivity contribution < 1.29 is 5.11 Å². The normalized spacial score (nSPS) is 15.3. The Labute approximate surface area is 137 Å². The molecule has 0 unspecified atom stereocenters. The number of benzene rings is 3. The molecule has 1 aliphatic heterocycles. The van der Waals surface area contributed by atoms with Gasteiger partial charge in [0.2, 0.25) is 0 Å². The van der Waals surface area contributed by atoms with Crippen LogP contribution in [0, 0.1) is 0 Å². The number of phenols is 1. The number of aromatic hydroxyl groups is 1. The summed E-state index contributed by atoms with van der Waals surface area (Å²) in [5, 5.41) is 13.3. The third kappa shape index (κ3) is 2.71. The Hall–Kier alpha value is -2.32. The van der Waals surface area contributed by atoms with Crippen molar-refractivity contribution in [2.45, 2.75) is 19.4 Å². The van der Waals surface area contributed by atoms with Crippen molar-refractivity contribution in [2.24, 2.45) is 0 Å². The monoisotopic (exact) mass is 303 g/mol. The van der Waals surface area contributed by atoms with E-state index in [0.29, 0.717) is 5.75 Å². The van der Waals surface area contributed by atoms with Gasteiger partial charge < -0.3 is 5.11 Å². The maximum absolute atomic E-state index is 11.0. The first-order valence-corrected chi connectivity index (χ1v) is 8.34. The average molecular weight is 303 g/mol. The molecule has 1 aliphatic rings. The zero-order valence-corrected chi connectivity index (χ0v) is 13.2. The molecule has 23 heavy (non-hydrogen) atoms. The highest BCUT2D eigenvalue weighted by Gasteiger charge is 2.18. The van der Waals surface area contributed by atoms with Gasteiger partial charge in [-0.25, -0.2) is 0 Å². The summed E-state index contributed by atoms with van der Waals surface area (Å²) in [6.45, 7) is 3.09. The van der Waals surface area contributed by atoms with E-state index in [2.05, 4.69) is 41.3 Å². The summed E-state index contributed by atoms with van der Waals surface area (Å²) >= 11 is 0. The minimum Gasteiger partial charge on any atom is -0.507 e. The van der Waals surface area contributed by atoms with Gasteiger partial charge in [0.1, 0.15) is 5.75 Å². The highest BCUT2D eigenvalue weighted by atomic mass is 16.3. The molecule has 1 N–H and O–H groups in total. The van der Waals surface area contributed by atoms with Crippen molar-refractivity contribution in [1.29, 1.82) is 0 Å². The van der Waals surface area contributed by atoms with Crippen molar-refractivity contribution in [1.82, 2.24) is 4.90 Å². The van der Waals surface area contributed by atoms with Gasteiger partial charge in [-0.1, -0.05) is 54.6 Å². The van der Waals surface area contributed by atoms with Crippen LogP contribution in [0.1, 0.15) is 18.4 Å². The van der Waals surface area contributed by atoms with Crippen molar-refractivity contribution >= 4 is 10.8 Å². The SMILES string of the molecule is Oc1c(CN2CCCC2)cc2ccccc2c1-c1ccccc1. The first-order valence-electron chi connectivity index (χ1n) is 8.34. The van der Waals surface area contributed by atoms with Crippen molar-refractivity contribution in [3.63, 3.8) is 0 Å². The molecule has 2 nitrogen and oxygen atoms in total. The summed E-state index contributed by atoms with van der Waals surface area (Å²) in [4.78, 5) is 2.43. The summed E-state index contributed by atoms with van der Waals surface area (Å²) in [6.07, 6.45) is 2.53. The lowest BCUT2D eigenvalue weighted by molar-refractivity contribution is 0.324. The van der Waals surface area contributed by atoms with E-state index in [9.17, 15) is 5.11 Å². The molecule has 1 fully saturated rings. The number of fused-ring (bicyclic) bond motifs is 1. The number of rotatable bonds is 3. The Morgan fingerprint density at radius 1 is 0.870 bits per heavy atom. The largest absolute Gasteiger partial charge is 0.507 e. The molecule has 4 rings (SSSR count). The predicted molar refractivity (Wildman–Crippen MR) is 95.6 cm³/mol. The van der Waals surface area contributed by atoms with Crippen LogP contribution >= 0.6 is 0 Å². The van der Waals surface area contributed by atoms with Crippen molar-refractivity contribution in [3.8, 4) is 16.9 Å². The van der Waals surface area contributed by atoms with Crippen LogP contribution in [-0.2, 0) is 6.54 Å². The average Bonchev–Trinajstić information content (AvgIpc) is 3.09. The molecule has 1 saturated heterocycles. The van der Waals surface area contributed by atoms with Gasteiger partial charge in [-0.3, -0.25) is 4.90 Å². The van der Waals surface area contributed by atoms with E-state index in [1.54, 1.807) is 0 Å². The molecule has 0 saturated carbocycles. The van der Waals surface area contributed by atoms with Crippen LogP contribution in [0.4, 0.5) is 0 Å². The van der Waals surface area contributed by atoms with Crippen LogP contribution in [0.2, 0.25) is 0 Å². The molecule has 0 aliphatic carbocycles. The second-order valence-corrected chi connectivity index (χ2v) is 6.33. The molecule has 0 atom stereocenters. The van der Waals surface area contributed by atoms with E-state index < -0.39 is 0 Å². The van der Waals surface area contributed by atoms with Crippen LogP contribution in [0.5, 0.6) is 5.75 Å². The fourth-order valence-corrected chi connectivity index (χ4v) is 3.59. The Morgan fingerprint density at radius 3 is 2.35 bits per heavy atom. The van der Waals surface area contributed by atoms with Crippen LogP contribution < -0.4 is 0 Å². The second-order valence-electron chi connectivity index (χ2n) is 6.33. The standard InChI is InChI=1S/C21H21NO/c23-21-18(15-22-12-6-7-13-22)14-17-10-4-5-11-19(17)20(21)16-8-2-1-3-9-16/h1-5,8-11,14,23H,6-7,12-13,15H2. The lowest BCUT2D eigenvalue weighted by atomic mass is 9.94. The molecule has 0 amide bonds. The van der Waals surface area contributed by atoms with E-state index in [1.165, 1.54) is 18.2 Å². The van der Waals surface area contributed by atoms with Gasteiger partial charge in [-0.15, -0.1) is 0 Å². The maximum atomic E-state index is 11.0. The van der Waals surface area contributed by atoms with Crippen LogP contribution in [0.15, 0.2) is 60.7 Å². The van der Waals surface area contributed by atoms with E-state index in [1.807, 2.05) is 24.3 Å². The van der Waals surface area contributed by atoms with Crippen LogP contribution in [0.25, 0.3) is 21.9 Å². The molecular weight excluding hydrogens is 282 g/mol. The smallest absolute Gasteiger partial charge is 0.128 e. The molecule has 0 aromatic heterocycles. The fraction of sp³-hybridized carbons (Fsp3) is 0.238. The minimum atomic E-state index is 0.432. The molecule has 0 spiro atoms. The summed E-state index contributed by atoms with van der Waals surface area (Å²) < 4.78 is 0. The summed E-state index contributed by atoms with van der Waals surface area (Å²) in [7, 11) is 0. The third-order valence-electron chi connectivity index (χ3n) is 4.76. The molecule has 3 aromatic rings. The van der Waals surface area contributed by atoms with Gasteiger partial charge in [-0.2, -0.15) is 0 Å². The predicted octanol–water partition coefficient (Wildman–Crippen LogP) is 4.81. The van der Waals surface area contributed by atoms with Gasteiger partial charge in [0, 0.05) is 17.7 Å². The Bertz CT molecular complexity index is 820. The number of hydrogen-bond donors (Lipinski definition) is 1. The van der Waals surface area contributed by atoms with E-state index >= 15 is 0 Å². The van der Waals surface area contributed by atoms with Gasteiger partial charge in [0.25, 0.3) is 0 Å². The topological polar surface area (TPSA) is 23.5 Å². The zero-order chi connectivity index (χ0) is 15.6. The number of hydrogen-bond acceptors (Lipinski definition) is 2. The van der Waals surface area contributed by atoms with E-state index in [0.717, 1.165) is 41.7 Å². The highest BCUT2D eigenvalue weighted by Crippen LogP contribution is 2.39. The Kier molecular flexibility index (Phi) is 3.76. The molecule has 116 valence electrons. The van der Waals surface area contributed by atoms with Gasteiger partial charge in [0.15, 0.2) is 0 Å². The zero-order valence-electron chi connectivity index (χ0n) is 13.2. The van der Waals surface area contributed by atoms with Crippen LogP contribution in [-0.4, -0.2) is 23.1 Å². The van der Waals surface area contributed by atoms with E-state index in [4.69, 9.17) is 0 Å². The highest BCUT2D eigenvalue weighted by molar-refractivity contribution is 6.00. The van der Waals surface area contributed by atoms with E-state index in [-0.39, 0.29) is 0 Å². The molecule has 3 aromatic carbocycles. The second kappa shape index (κ2) is 6.05. The molecular formula is C21H21NO. The summed E-state index contributed by atoms with van der Waals surface area (Å²) in [5.74, 6) is 0.432. The third-order valence-corrected chi connectivity index (χ3v) is 4.76. The maximum Gasteiger partial charge on any atom is 0.128 e. The van der Waals surface area contributed by atoms with Gasteiger partial charge >= 0.3 is 0 Å². The van der Waals surface area contributed by atoms with Crippen molar-refractivity contribution in [3.05, 3.63) is 66.2 Å². The molecule has 2 heteroatoms.